The van der Waals surface area contributed by atoms with E-state index in [0.717, 1.165) is 31.8 Å². The molecule has 1 aliphatic rings. The molecule has 1 saturated heterocycles. The van der Waals surface area contributed by atoms with E-state index in [4.69, 9.17) is 9.84 Å². The van der Waals surface area contributed by atoms with Crippen LogP contribution in [-0.2, 0) is 9.53 Å². The van der Waals surface area contributed by atoms with E-state index in [-0.39, 0.29) is 0 Å². The number of rotatable bonds is 5. The number of aliphatic carboxylic acids is 1. The first kappa shape index (κ1) is 11.2. The fraction of sp³-hybridized carbons (Fsp3) is 0.700. The van der Waals surface area contributed by atoms with Crippen LogP contribution in [0.25, 0.3) is 0 Å². The molecule has 0 aliphatic carbocycles. The number of carbonyl (C=O) groups is 1. The molecule has 1 heterocycles. The quantitative estimate of drug-likeness (QED) is 0.638. The standard InChI is InChI=1S/C10H17NO3/c1-8(4-10(12)13)5-11-6-9-2-3-14-7-9/h4,9,11H,2-3,5-7H2,1H3,(H,12,13). The smallest absolute Gasteiger partial charge is 0.328 e. The molecule has 4 nitrogen and oxygen atoms in total. The first-order chi connectivity index (χ1) is 6.68. The molecular weight excluding hydrogens is 182 g/mol. The molecular formula is C10H17NO3. The van der Waals surface area contributed by atoms with Gasteiger partial charge in [-0.2, -0.15) is 0 Å². The minimum absolute atomic E-state index is 0.590. The summed E-state index contributed by atoms with van der Waals surface area (Å²) in [5.41, 5.74) is 0.844. The van der Waals surface area contributed by atoms with Gasteiger partial charge in [0.25, 0.3) is 0 Å². The van der Waals surface area contributed by atoms with Crippen LogP contribution in [0.15, 0.2) is 11.6 Å². The molecule has 0 bridgehead atoms. The van der Waals surface area contributed by atoms with Crippen LogP contribution in [0.5, 0.6) is 0 Å². The summed E-state index contributed by atoms with van der Waals surface area (Å²) in [5.74, 6) is -0.291. The van der Waals surface area contributed by atoms with Crippen molar-refractivity contribution in [1.82, 2.24) is 5.32 Å². The summed E-state index contributed by atoms with van der Waals surface area (Å²) in [7, 11) is 0. The van der Waals surface area contributed by atoms with Crippen LogP contribution < -0.4 is 5.32 Å². The molecule has 0 aromatic carbocycles. The van der Waals surface area contributed by atoms with Gasteiger partial charge in [0.05, 0.1) is 6.61 Å². The highest BCUT2D eigenvalue weighted by molar-refractivity contribution is 5.80. The third-order valence-corrected chi connectivity index (χ3v) is 2.23. The lowest BCUT2D eigenvalue weighted by Crippen LogP contribution is -2.24. The molecule has 0 radical (unpaired) electrons. The molecule has 0 spiro atoms. The van der Waals surface area contributed by atoms with Crippen molar-refractivity contribution in [1.29, 1.82) is 0 Å². The highest BCUT2D eigenvalue weighted by Gasteiger charge is 2.14. The van der Waals surface area contributed by atoms with Crippen LogP contribution in [0, 0.1) is 5.92 Å². The van der Waals surface area contributed by atoms with Crippen molar-refractivity contribution < 1.29 is 14.6 Å². The molecule has 1 atom stereocenters. The molecule has 4 heteroatoms. The molecule has 0 amide bonds. The molecule has 1 fully saturated rings. The van der Waals surface area contributed by atoms with E-state index in [1.54, 1.807) is 0 Å². The molecule has 1 rings (SSSR count). The molecule has 0 aromatic heterocycles. The molecule has 14 heavy (non-hydrogen) atoms. The first-order valence-corrected chi connectivity index (χ1v) is 4.87. The van der Waals surface area contributed by atoms with E-state index in [9.17, 15) is 4.79 Å². The maximum absolute atomic E-state index is 10.3. The van der Waals surface area contributed by atoms with Crippen LogP contribution in [-0.4, -0.2) is 37.4 Å². The van der Waals surface area contributed by atoms with Crippen molar-refractivity contribution in [2.45, 2.75) is 13.3 Å². The number of hydrogen-bond donors (Lipinski definition) is 2. The fourth-order valence-electron chi connectivity index (χ4n) is 1.48. The zero-order chi connectivity index (χ0) is 10.4. The van der Waals surface area contributed by atoms with Crippen molar-refractivity contribution in [2.24, 2.45) is 5.92 Å². The average Bonchev–Trinajstić information content (AvgIpc) is 2.55. The minimum Gasteiger partial charge on any atom is -0.478 e. The van der Waals surface area contributed by atoms with Gasteiger partial charge in [-0.05, 0) is 19.3 Å². The van der Waals surface area contributed by atoms with Crippen molar-refractivity contribution in [3.05, 3.63) is 11.6 Å². The van der Waals surface area contributed by atoms with Gasteiger partial charge >= 0.3 is 5.97 Å². The number of hydrogen-bond acceptors (Lipinski definition) is 3. The Bertz CT molecular complexity index is 219. The summed E-state index contributed by atoms with van der Waals surface area (Å²) in [4.78, 5) is 10.3. The molecule has 1 unspecified atom stereocenters. The van der Waals surface area contributed by atoms with Gasteiger partial charge in [0.2, 0.25) is 0 Å². The van der Waals surface area contributed by atoms with Crippen LogP contribution >= 0.6 is 0 Å². The number of nitrogens with one attached hydrogen (secondary N) is 1. The third kappa shape index (κ3) is 4.39. The normalized spacial score (nSPS) is 22.6. The predicted octanol–water partition coefficient (Wildman–Crippen LogP) is 0.643. The first-order valence-electron chi connectivity index (χ1n) is 4.87. The molecule has 0 saturated carbocycles. The van der Waals surface area contributed by atoms with Crippen molar-refractivity contribution in [3.63, 3.8) is 0 Å². The maximum atomic E-state index is 10.3. The lowest BCUT2D eigenvalue weighted by molar-refractivity contribution is -0.131. The topological polar surface area (TPSA) is 58.6 Å². The van der Waals surface area contributed by atoms with Gasteiger partial charge in [-0.15, -0.1) is 0 Å². The van der Waals surface area contributed by atoms with Gasteiger partial charge in [0.1, 0.15) is 0 Å². The van der Waals surface area contributed by atoms with Crippen LogP contribution in [0.2, 0.25) is 0 Å². The predicted molar refractivity (Wildman–Crippen MR) is 53.2 cm³/mol. The number of carboxylic acid groups (broad SMARTS) is 1. The van der Waals surface area contributed by atoms with E-state index in [1.807, 2.05) is 6.92 Å². The summed E-state index contributed by atoms with van der Waals surface area (Å²) in [5, 5.41) is 11.7. The number of ether oxygens (including phenoxy) is 1. The van der Waals surface area contributed by atoms with Crippen LogP contribution in [0.1, 0.15) is 13.3 Å². The second-order valence-corrected chi connectivity index (χ2v) is 3.69. The van der Waals surface area contributed by atoms with E-state index >= 15 is 0 Å². The van der Waals surface area contributed by atoms with E-state index in [0.29, 0.717) is 12.5 Å². The van der Waals surface area contributed by atoms with E-state index in [1.165, 1.54) is 6.08 Å². The summed E-state index contributed by atoms with van der Waals surface area (Å²) in [6.07, 6.45) is 2.34. The largest absolute Gasteiger partial charge is 0.478 e. The summed E-state index contributed by atoms with van der Waals surface area (Å²) in [6.45, 7) is 5.05. The van der Waals surface area contributed by atoms with Crippen molar-refractivity contribution in [2.75, 3.05) is 26.3 Å². The Balaban J connectivity index is 2.11. The van der Waals surface area contributed by atoms with Crippen molar-refractivity contribution >= 4 is 5.97 Å². The van der Waals surface area contributed by atoms with Crippen molar-refractivity contribution in [3.8, 4) is 0 Å². The molecule has 80 valence electrons. The monoisotopic (exact) mass is 199 g/mol. The van der Waals surface area contributed by atoms with Gasteiger partial charge in [-0.1, -0.05) is 5.57 Å². The van der Waals surface area contributed by atoms with Gasteiger partial charge in [0, 0.05) is 25.8 Å². The molecule has 0 aromatic rings. The Labute approximate surface area is 83.9 Å². The van der Waals surface area contributed by atoms with Gasteiger partial charge in [0.15, 0.2) is 0 Å². The van der Waals surface area contributed by atoms with Gasteiger partial charge in [-0.25, -0.2) is 4.79 Å². The lowest BCUT2D eigenvalue weighted by Gasteiger charge is -2.08. The Kier molecular flexibility index (Phi) is 4.62. The van der Waals surface area contributed by atoms with Gasteiger partial charge in [-0.3, -0.25) is 0 Å². The second kappa shape index (κ2) is 5.78. The number of carboxylic acids is 1. The SMILES string of the molecule is CC(=CC(=O)O)CNCC1CCOC1. The van der Waals surface area contributed by atoms with E-state index < -0.39 is 5.97 Å². The average molecular weight is 199 g/mol. The highest BCUT2D eigenvalue weighted by Crippen LogP contribution is 2.10. The van der Waals surface area contributed by atoms with E-state index in [2.05, 4.69) is 5.32 Å². The third-order valence-electron chi connectivity index (χ3n) is 2.23. The Morgan fingerprint density at radius 1 is 1.71 bits per heavy atom. The summed E-state index contributed by atoms with van der Waals surface area (Å²) in [6, 6.07) is 0. The van der Waals surface area contributed by atoms with Crippen LogP contribution in [0.3, 0.4) is 0 Å². The minimum atomic E-state index is -0.881. The maximum Gasteiger partial charge on any atom is 0.328 e. The molecule has 2 N–H and O–H groups in total. The highest BCUT2D eigenvalue weighted by atomic mass is 16.5. The molecule has 1 aliphatic heterocycles. The Morgan fingerprint density at radius 2 is 2.50 bits per heavy atom. The Hall–Kier alpha value is -0.870. The lowest BCUT2D eigenvalue weighted by atomic mass is 10.1. The van der Waals surface area contributed by atoms with Crippen LogP contribution in [0.4, 0.5) is 0 Å². The fourth-order valence-corrected chi connectivity index (χ4v) is 1.48. The summed E-state index contributed by atoms with van der Waals surface area (Å²) >= 11 is 0. The van der Waals surface area contributed by atoms with Gasteiger partial charge < -0.3 is 15.2 Å². The summed E-state index contributed by atoms with van der Waals surface area (Å²) < 4.78 is 5.23. The Morgan fingerprint density at radius 3 is 3.07 bits per heavy atom. The second-order valence-electron chi connectivity index (χ2n) is 3.69. The zero-order valence-corrected chi connectivity index (χ0v) is 8.45. The zero-order valence-electron chi connectivity index (χ0n) is 8.45.